The Morgan fingerprint density at radius 3 is 2.73 bits per heavy atom. The van der Waals surface area contributed by atoms with Crippen molar-refractivity contribution in [1.82, 2.24) is 4.90 Å². The van der Waals surface area contributed by atoms with Crippen LogP contribution in [0.3, 0.4) is 0 Å². The summed E-state index contributed by atoms with van der Waals surface area (Å²) >= 11 is 0. The zero-order chi connectivity index (χ0) is 11.5. The molecule has 0 aliphatic carbocycles. The Labute approximate surface area is 90.6 Å². The summed E-state index contributed by atoms with van der Waals surface area (Å²) in [6, 6.07) is 0. The molecule has 0 N–H and O–H groups in total. The number of aldehydes is 1. The minimum atomic E-state index is -0.420. The monoisotopic (exact) mass is 213 g/mol. The van der Waals surface area contributed by atoms with E-state index in [0.29, 0.717) is 13.1 Å². The maximum atomic E-state index is 11.7. The lowest BCUT2D eigenvalue weighted by atomic mass is 10.1. The highest BCUT2D eigenvalue weighted by molar-refractivity contribution is 5.69. The van der Waals surface area contributed by atoms with Gasteiger partial charge in [0, 0.05) is 19.0 Å². The molecule has 0 aromatic carbocycles. The molecule has 0 aromatic rings. The summed E-state index contributed by atoms with van der Waals surface area (Å²) in [5.41, 5.74) is -0.420. The van der Waals surface area contributed by atoms with Crippen LogP contribution in [0.5, 0.6) is 0 Å². The summed E-state index contributed by atoms with van der Waals surface area (Å²) in [6.45, 7) is 6.88. The first kappa shape index (κ1) is 12.0. The van der Waals surface area contributed by atoms with Crippen molar-refractivity contribution in [2.75, 3.05) is 13.1 Å². The number of ether oxygens (including phenoxy) is 1. The Hall–Kier alpha value is -1.06. The van der Waals surface area contributed by atoms with Crippen molar-refractivity contribution in [2.45, 2.75) is 39.2 Å². The largest absolute Gasteiger partial charge is 0.443 e. The number of hydrogen-bond donors (Lipinski definition) is 0. The van der Waals surface area contributed by atoms with Crippen LogP contribution >= 0.6 is 0 Å². The third-order valence-electron chi connectivity index (χ3n) is 2.89. The van der Waals surface area contributed by atoms with Crippen molar-refractivity contribution in [3.63, 3.8) is 0 Å². The van der Waals surface area contributed by atoms with Gasteiger partial charge in [0.05, 0.1) is 0 Å². The minimum Gasteiger partial charge on any atom is -0.443 e. The van der Waals surface area contributed by atoms with Crippen molar-refractivity contribution < 1.29 is 14.3 Å². The van der Waals surface area contributed by atoms with Crippen molar-refractivity contribution in [2.24, 2.45) is 5.92 Å². The molecule has 1 saturated heterocycles. The average Bonchev–Trinajstić information content (AvgIpc) is 2.65. The van der Waals surface area contributed by atoms with Gasteiger partial charge in [-0.2, -0.15) is 0 Å². The lowest BCUT2D eigenvalue weighted by Gasteiger charge is -2.26. The molecule has 0 aromatic heterocycles. The molecule has 1 amide bonds. The van der Waals surface area contributed by atoms with Gasteiger partial charge in [-0.05, 0) is 26.7 Å². The number of rotatable bonds is 3. The van der Waals surface area contributed by atoms with Crippen LogP contribution in [0.15, 0.2) is 0 Å². The van der Waals surface area contributed by atoms with Crippen molar-refractivity contribution in [3.8, 4) is 0 Å². The topological polar surface area (TPSA) is 46.6 Å². The van der Waals surface area contributed by atoms with E-state index in [9.17, 15) is 9.59 Å². The Morgan fingerprint density at radius 2 is 2.27 bits per heavy atom. The van der Waals surface area contributed by atoms with E-state index >= 15 is 0 Å². The number of carbonyl (C=O) groups excluding carboxylic acids is 2. The van der Waals surface area contributed by atoms with Crippen LogP contribution in [0, 0.1) is 5.92 Å². The Kier molecular flexibility index (Phi) is 3.72. The van der Waals surface area contributed by atoms with Gasteiger partial charge in [-0.1, -0.05) is 6.92 Å². The zero-order valence-electron chi connectivity index (χ0n) is 9.66. The van der Waals surface area contributed by atoms with Crippen LogP contribution in [0.4, 0.5) is 4.79 Å². The number of hydrogen-bond acceptors (Lipinski definition) is 3. The van der Waals surface area contributed by atoms with E-state index in [0.717, 1.165) is 19.1 Å². The van der Waals surface area contributed by atoms with Gasteiger partial charge in [0.2, 0.25) is 0 Å². The van der Waals surface area contributed by atoms with Gasteiger partial charge in [0.1, 0.15) is 11.9 Å². The van der Waals surface area contributed by atoms with E-state index in [4.69, 9.17) is 4.74 Å². The molecule has 1 heterocycles. The second kappa shape index (κ2) is 4.64. The van der Waals surface area contributed by atoms with E-state index in [1.807, 2.05) is 20.8 Å². The summed E-state index contributed by atoms with van der Waals surface area (Å²) in [6.07, 6.45) is 2.15. The normalized spacial score (nSPS) is 21.5. The van der Waals surface area contributed by atoms with Crippen molar-refractivity contribution in [1.29, 1.82) is 0 Å². The van der Waals surface area contributed by atoms with Gasteiger partial charge in [-0.25, -0.2) is 4.79 Å². The predicted molar refractivity (Wildman–Crippen MR) is 56.6 cm³/mol. The van der Waals surface area contributed by atoms with E-state index in [2.05, 4.69) is 0 Å². The molecule has 0 bridgehead atoms. The average molecular weight is 213 g/mol. The molecule has 0 saturated carbocycles. The summed E-state index contributed by atoms with van der Waals surface area (Å²) in [5.74, 6) is -0.0118. The summed E-state index contributed by atoms with van der Waals surface area (Å²) in [4.78, 5) is 23.8. The molecule has 1 aliphatic rings. The van der Waals surface area contributed by atoms with Gasteiger partial charge >= 0.3 is 6.09 Å². The lowest BCUT2D eigenvalue weighted by molar-refractivity contribution is -0.110. The number of nitrogens with zero attached hydrogens (tertiary/aromatic N) is 1. The van der Waals surface area contributed by atoms with Gasteiger partial charge in [-0.3, -0.25) is 0 Å². The SMILES string of the molecule is CCC(C)(C)OC(=O)N1CCC(C=O)C1. The molecule has 15 heavy (non-hydrogen) atoms. The fourth-order valence-electron chi connectivity index (χ4n) is 1.44. The Morgan fingerprint density at radius 1 is 1.60 bits per heavy atom. The van der Waals surface area contributed by atoms with Gasteiger partial charge < -0.3 is 14.4 Å². The first-order valence-corrected chi connectivity index (χ1v) is 5.41. The molecule has 1 unspecified atom stereocenters. The van der Waals surface area contributed by atoms with E-state index in [1.165, 1.54) is 0 Å². The molecule has 1 rings (SSSR count). The second-order valence-electron chi connectivity index (χ2n) is 4.61. The van der Waals surface area contributed by atoms with E-state index in [1.54, 1.807) is 4.90 Å². The highest BCUT2D eigenvalue weighted by atomic mass is 16.6. The van der Waals surface area contributed by atoms with Gasteiger partial charge in [0.25, 0.3) is 0 Å². The van der Waals surface area contributed by atoms with Crippen LogP contribution in [0.25, 0.3) is 0 Å². The summed E-state index contributed by atoms with van der Waals surface area (Å²) in [7, 11) is 0. The predicted octanol–water partition coefficient (Wildman–Crippen LogP) is 1.83. The molecule has 0 radical (unpaired) electrons. The van der Waals surface area contributed by atoms with Crippen LogP contribution in [0.1, 0.15) is 33.6 Å². The van der Waals surface area contributed by atoms with E-state index in [-0.39, 0.29) is 12.0 Å². The molecular weight excluding hydrogens is 194 g/mol. The fraction of sp³-hybridized carbons (Fsp3) is 0.818. The third-order valence-corrected chi connectivity index (χ3v) is 2.89. The molecule has 1 fully saturated rings. The quantitative estimate of drug-likeness (QED) is 0.672. The lowest BCUT2D eigenvalue weighted by Crippen LogP contribution is -2.36. The minimum absolute atomic E-state index is 0.0118. The van der Waals surface area contributed by atoms with Gasteiger partial charge in [-0.15, -0.1) is 0 Å². The molecule has 1 aliphatic heterocycles. The fourth-order valence-corrected chi connectivity index (χ4v) is 1.44. The second-order valence-corrected chi connectivity index (χ2v) is 4.61. The van der Waals surface area contributed by atoms with Crippen LogP contribution in [-0.2, 0) is 9.53 Å². The maximum Gasteiger partial charge on any atom is 0.410 e. The van der Waals surface area contributed by atoms with Crippen LogP contribution < -0.4 is 0 Å². The highest BCUT2D eigenvalue weighted by Crippen LogP contribution is 2.19. The van der Waals surface area contributed by atoms with Crippen molar-refractivity contribution >= 4 is 12.4 Å². The first-order chi connectivity index (χ1) is 6.98. The third kappa shape index (κ3) is 3.22. The first-order valence-electron chi connectivity index (χ1n) is 5.41. The maximum absolute atomic E-state index is 11.7. The van der Waals surface area contributed by atoms with Crippen molar-refractivity contribution in [3.05, 3.63) is 0 Å². The van der Waals surface area contributed by atoms with Crippen LogP contribution in [-0.4, -0.2) is 36.0 Å². The highest BCUT2D eigenvalue weighted by Gasteiger charge is 2.30. The molecular formula is C11H19NO3. The van der Waals surface area contributed by atoms with E-state index < -0.39 is 5.60 Å². The summed E-state index contributed by atoms with van der Waals surface area (Å²) in [5, 5.41) is 0. The molecule has 1 atom stereocenters. The number of likely N-dealkylation sites (tertiary alicyclic amines) is 1. The zero-order valence-corrected chi connectivity index (χ0v) is 9.66. The smallest absolute Gasteiger partial charge is 0.410 e. The molecule has 4 heteroatoms. The summed E-state index contributed by atoms with van der Waals surface area (Å²) < 4.78 is 5.33. The van der Waals surface area contributed by atoms with Gasteiger partial charge in [0.15, 0.2) is 0 Å². The Balaban J connectivity index is 2.45. The molecule has 0 spiro atoms. The Bertz CT molecular complexity index is 250. The molecule has 86 valence electrons. The number of carbonyl (C=O) groups is 2. The standard InChI is InChI=1S/C11H19NO3/c1-4-11(2,3)15-10(14)12-6-5-9(7-12)8-13/h8-9H,4-7H2,1-3H3. The molecule has 4 nitrogen and oxygen atoms in total. The number of amides is 1. The van der Waals surface area contributed by atoms with Crippen LogP contribution in [0.2, 0.25) is 0 Å².